The number of benzene rings is 1. The highest BCUT2D eigenvalue weighted by Crippen LogP contribution is 2.33. The molecule has 1 heterocycles. The summed E-state index contributed by atoms with van der Waals surface area (Å²) in [5.74, 6) is -0.237. The molecule has 0 radical (unpaired) electrons. The molecule has 2 rings (SSSR count). The zero-order valence-corrected chi connectivity index (χ0v) is 11.6. The van der Waals surface area contributed by atoms with Gasteiger partial charge < -0.3 is 4.90 Å². The fourth-order valence-electron chi connectivity index (χ4n) is 2.28. The summed E-state index contributed by atoms with van der Waals surface area (Å²) in [5, 5.41) is 10.7. The van der Waals surface area contributed by atoms with E-state index in [0.29, 0.717) is 13.1 Å². The van der Waals surface area contributed by atoms with Gasteiger partial charge in [0.15, 0.2) is 0 Å². The molecule has 0 spiro atoms. The van der Waals surface area contributed by atoms with E-state index in [2.05, 4.69) is 13.8 Å². The van der Waals surface area contributed by atoms with Gasteiger partial charge in [0.25, 0.3) is 11.6 Å². The third-order valence-electron chi connectivity index (χ3n) is 3.37. The lowest BCUT2D eigenvalue weighted by Crippen LogP contribution is -2.30. The van der Waals surface area contributed by atoms with Gasteiger partial charge in [-0.1, -0.05) is 31.5 Å². The van der Waals surface area contributed by atoms with Crippen LogP contribution in [0.4, 0.5) is 5.69 Å². The Hall–Kier alpha value is -1.62. The van der Waals surface area contributed by atoms with Crippen LogP contribution in [0.25, 0.3) is 0 Å². The molecular formula is C13H15ClN2O3. The predicted octanol–water partition coefficient (Wildman–Crippen LogP) is 3.12. The number of nitro groups is 1. The van der Waals surface area contributed by atoms with Crippen LogP contribution in [-0.2, 0) is 0 Å². The number of nitrogens with zero attached hydrogens (tertiary/aromatic N) is 2. The Morgan fingerprint density at radius 3 is 2.68 bits per heavy atom. The van der Waals surface area contributed by atoms with Crippen LogP contribution in [0.1, 0.15) is 30.6 Å². The number of halogens is 1. The molecule has 1 saturated heterocycles. The average molecular weight is 283 g/mol. The maximum Gasteiger partial charge on any atom is 0.288 e. The molecule has 1 aliphatic rings. The predicted molar refractivity (Wildman–Crippen MR) is 72.4 cm³/mol. The highest BCUT2D eigenvalue weighted by molar-refractivity contribution is 6.35. The topological polar surface area (TPSA) is 63.5 Å². The molecule has 0 unspecified atom stereocenters. The monoisotopic (exact) mass is 282 g/mol. The lowest BCUT2D eigenvalue weighted by Gasteiger charge is -2.20. The van der Waals surface area contributed by atoms with E-state index < -0.39 is 4.92 Å². The van der Waals surface area contributed by atoms with Gasteiger partial charge in [0, 0.05) is 19.2 Å². The number of carbonyl (C=O) groups excluding carboxylic acids is 1. The molecule has 0 saturated carbocycles. The highest BCUT2D eigenvalue weighted by Gasteiger charge is 2.33. The second kappa shape index (κ2) is 4.81. The van der Waals surface area contributed by atoms with Crippen LogP contribution < -0.4 is 0 Å². The SMILES string of the molecule is CC1(C)CCN(C(=O)c2cccc([N+](=O)[O-])c2Cl)C1. The van der Waals surface area contributed by atoms with Crippen molar-refractivity contribution in [1.29, 1.82) is 0 Å². The average Bonchev–Trinajstić information content (AvgIpc) is 2.69. The first-order chi connectivity index (χ1) is 8.82. The maximum absolute atomic E-state index is 12.3. The molecule has 1 aromatic rings. The van der Waals surface area contributed by atoms with Gasteiger partial charge in [0.2, 0.25) is 0 Å². The van der Waals surface area contributed by atoms with Gasteiger partial charge in [0.1, 0.15) is 5.02 Å². The number of hydrogen-bond donors (Lipinski definition) is 0. The third-order valence-corrected chi connectivity index (χ3v) is 3.77. The van der Waals surface area contributed by atoms with E-state index in [0.717, 1.165) is 6.42 Å². The number of rotatable bonds is 2. The number of amides is 1. The normalized spacial score (nSPS) is 17.5. The van der Waals surface area contributed by atoms with E-state index in [1.54, 1.807) is 4.90 Å². The van der Waals surface area contributed by atoms with Crippen molar-refractivity contribution in [2.75, 3.05) is 13.1 Å². The number of hydrogen-bond acceptors (Lipinski definition) is 3. The molecule has 0 N–H and O–H groups in total. The molecular weight excluding hydrogens is 268 g/mol. The molecule has 19 heavy (non-hydrogen) atoms. The smallest absolute Gasteiger partial charge is 0.288 e. The quantitative estimate of drug-likeness (QED) is 0.618. The van der Waals surface area contributed by atoms with Crippen molar-refractivity contribution >= 4 is 23.2 Å². The molecule has 0 aliphatic carbocycles. The molecule has 0 atom stereocenters. The van der Waals surface area contributed by atoms with Gasteiger partial charge >= 0.3 is 0 Å². The van der Waals surface area contributed by atoms with Crippen LogP contribution in [0.2, 0.25) is 5.02 Å². The summed E-state index contributed by atoms with van der Waals surface area (Å²) in [4.78, 5) is 24.3. The lowest BCUT2D eigenvalue weighted by molar-refractivity contribution is -0.384. The van der Waals surface area contributed by atoms with Crippen LogP contribution in [0.15, 0.2) is 18.2 Å². The largest absolute Gasteiger partial charge is 0.338 e. The second-order valence-corrected chi connectivity index (χ2v) is 5.91. The van der Waals surface area contributed by atoms with Crippen molar-refractivity contribution in [1.82, 2.24) is 4.90 Å². The van der Waals surface area contributed by atoms with Crippen molar-refractivity contribution in [2.24, 2.45) is 5.41 Å². The number of carbonyl (C=O) groups is 1. The molecule has 6 heteroatoms. The highest BCUT2D eigenvalue weighted by atomic mass is 35.5. The Balaban J connectivity index is 2.30. The third kappa shape index (κ3) is 2.71. The Morgan fingerprint density at radius 2 is 2.16 bits per heavy atom. The summed E-state index contributed by atoms with van der Waals surface area (Å²) in [7, 11) is 0. The van der Waals surface area contributed by atoms with Gasteiger partial charge in [-0.3, -0.25) is 14.9 Å². The van der Waals surface area contributed by atoms with Gasteiger partial charge in [-0.2, -0.15) is 0 Å². The first-order valence-electron chi connectivity index (χ1n) is 6.04. The van der Waals surface area contributed by atoms with Crippen molar-refractivity contribution in [3.63, 3.8) is 0 Å². The minimum Gasteiger partial charge on any atom is -0.338 e. The van der Waals surface area contributed by atoms with Crippen LogP contribution in [0.3, 0.4) is 0 Å². The fraction of sp³-hybridized carbons (Fsp3) is 0.462. The van der Waals surface area contributed by atoms with Crippen LogP contribution >= 0.6 is 11.6 Å². The van der Waals surface area contributed by atoms with Crippen LogP contribution in [-0.4, -0.2) is 28.8 Å². The van der Waals surface area contributed by atoms with Crippen molar-refractivity contribution < 1.29 is 9.72 Å². The molecule has 1 aliphatic heterocycles. The van der Waals surface area contributed by atoms with E-state index in [1.165, 1.54) is 18.2 Å². The Kier molecular flexibility index (Phi) is 3.49. The molecule has 102 valence electrons. The summed E-state index contributed by atoms with van der Waals surface area (Å²) >= 11 is 5.96. The Morgan fingerprint density at radius 1 is 1.47 bits per heavy atom. The van der Waals surface area contributed by atoms with Gasteiger partial charge in [-0.25, -0.2) is 0 Å². The van der Waals surface area contributed by atoms with E-state index in [4.69, 9.17) is 11.6 Å². The molecule has 1 amide bonds. The number of likely N-dealkylation sites (tertiary alicyclic amines) is 1. The minimum atomic E-state index is -0.576. The van der Waals surface area contributed by atoms with Crippen LogP contribution in [0, 0.1) is 15.5 Å². The van der Waals surface area contributed by atoms with E-state index >= 15 is 0 Å². The van der Waals surface area contributed by atoms with Crippen LogP contribution in [0.5, 0.6) is 0 Å². The standard InChI is InChI=1S/C13H15ClN2O3/c1-13(2)6-7-15(8-13)12(17)9-4-3-5-10(11(9)14)16(18)19/h3-5H,6-8H2,1-2H3. The minimum absolute atomic E-state index is 0.0813. The molecule has 0 aromatic heterocycles. The van der Waals surface area contributed by atoms with E-state index in [9.17, 15) is 14.9 Å². The zero-order chi connectivity index (χ0) is 14.2. The van der Waals surface area contributed by atoms with Gasteiger partial charge in [-0.15, -0.1) is 0 Å². The molecule has 1 fully saturated rings. The lowest BCUT2D eigenvalue weighted by atomic mass is 9.93. The summed E-state index contributed by atoms with van der Waals surface area (Å²) in [6.45, 7) is 5.49. The first kappa shape index (κ1) is 13.8. The molecule has 5 nitrogen and oxygen atoms in total. The molecule has 0 bridgehead atoms. The summed E-state index contributed by atoms with van der Waals surface area (Å²) in [6.07, 6.45) is 0.922. The van der Waals surface area contributed by atoms with E-state index in [1.807, 2.05) is 0 Å². The Bertz CT molecular complexity index is 543. The summed E-state index contributed by atoms with van der Waals surface area (Å²) in [6, 6.07) is 4.31. The zero-order valence-electron chi connectivity index (χ0n) is 10.9. The first-order valence-corrected chi connectivity index (χ1v) is 6.42. The van der Waals surface area contributed by atoms with Crippen molar-refractivity contribution in [2.45, 2.75) is 20.3 Å². The Labute approximate surface area is 116 Å². The van der Waals surface area contributed by atoms with E-state index in [-0.39, 0.29) is 27.6 Å². The van der Waals surface area contributed by atoms with Gasteiger partial charge in [-0.05, 0) is 17.9 Å². The van der Waals surface area contributed by atoms with Crippen molar-refractivity contribution in [3.05, 3.63) is 38.9 Å². The summed E-state index contributed by atoms with van der Waals surface area (Å²) < 4.78 is 0. The number of nitro benzene ring substituents is 1. The second-order valence-electron chi connectivity index (χ2n) is 5.54. The maximum atomic E-state index is 12.3. The fourth-order valence-corrected chi connectivity index (χ4v) is 2.56. The molecule has 1 aromatic carbocycles. The summed E-state index contributed by atoms with van der Waals surface area (Å²) in [5.41, 5.74) is 0.0580. The van der Waals surface area contributed by atoms with Crippen molar-refractivity contribution in [3.8, 4) is 0 Å². The van der Waals surface area contributed by atoms with Gasteiger partial charge in [0.05, 0.1) is 10.5 Å².